The number of aliphatic hydroxyl groups is 2. The van der Waals surface area contributed by atoms with E-state index in [9.17, 15) is 10.2 Å². The molecular weight excluding hydrogens is 486 g/mol. The van der Waals surface area contributed by atoms with E-state index in [4.69, 9.17) is 11.5 Å². The number of fused-ring (bicyclic) bond motifs is 2. The second kappa shape index (κ2) is 7.36. The predicted molar refractivity (Wildman–Crippen MR) is 129 cm³/mol. The first-order chi connectivity index (χ1) is 15.9. The third-order valence-electron chi connectivity index (χ3n) is 7.39. The molecule has 6 rings (SSSR count). The molecule has 4 aromatic rings. The van der Waals surface area contributed by atoms with Gasteiger partial charge in [-0.15, -0.1) is 0 Å². The number of nitrogens with zero attached hydrogens (tertiary/aromatic N) is 4. The van der Waals surface area contributed by atoms with Crippen LogP contribution in [0.4, 0.5) is 11.6 Å². The molecule has 0 unspecified atom stereocenters. The van der Waals surface area contributed by atoms with Gasteiger partial charge in [0.25, 0.3) is 0 Å². The number of benzene rings is 1. The minimum Gasteiger partial charge on any atom is -0.390 e. The molecule has 7 N–H and O–H groups in total. The molecule has 9 nitrogen and oxygen atoms in total. The molecule has 1 saturated carbocycles. The Morgan fingerprint density at radius 3 is 2.79 bits per heavy atom. The van der Waals surface area contributed by atoms with Crippen molar-refractivity contribution in [2.75, 3.05) is 18.0 Å². The maximum absolute atomic E-state index is 11.2. The van der Waals surface area contributed by atoms with Crippen molar-refractivity contribution in [3.05, 3.63) is 52.9 Å². The van der Waals surface area contributed by atoms with Crippen molar-refractivity contribution in [3.63, 3.8) is 0 Å². The highest BCUT2D eigenvalue weighted by atomic mass is 79.9. The van der Waals surface area contributed by atoms with Crippen LogP contribution in [0, 0.1) is 5.41 Å². The Morgan fingerprint density at radius 1 is 1.09 bits per heavy atom. The van der Waals surface area contributed by atoms with Crippen molar-refractivity contribution in [1.29, 1.82) is 0 Å². The molecule has 1 aliphatic carbocycles. The molecule has 4 heterocycles. The monoisotopic (exact) mass is 509 g/mol. The summed E-state index contributed by atoms with van der Waals surface area (Å²) in [7, 11) is 0. The summed E-state index contributed by atoms with van der Waals surface area (Å²) in [5.74, 6) is 0.859. The van der Waals surface area contributed by atoms with E-state index < -0.39 is 17.6 Å². The number of hydrogen-bond acceptors (Lipinski definition) is 8. The second-order valence-corrected chi connectivity index (χ2v) is 10.1. The summed E-state index contributed by atoms with van der Waals surface area (Å²) < 4.78 is 2.70. The van der Waals surface area contributed by atoms with Crippen LogP contribution < -0.4 is 16.8 Å². The number of nitrogens with two attached hydrogens (primary N) is 2. The summed E-state index contributed by atoms with van der Waals surface area (Å²) in [6, 6.07) is 9.72. The third kappa shape index (κ3) is 3.12. The smallest absolute Gasteiger partial charge is 0.145 e. The fourth-order valence-electron chi connectivity index (χ4n) is 5.64. The first kappa shape index (κ1) is 20.8. The Morgan fingerprint density at radius 2 is 1.94 bits per heavy atom. The van der Waals surface area contributed by atoms with Gasteiger partial charge in [-0.05, 0) is 52.5 Å². The standard InChI is InChI=1S/C23H24BrN7O2/c24-14-5-11-1-2-12(6-15(11)30-21(14)26)16-7-23(9-27-16)8-17(18(32)19(23)33)31-4-3-13-20(25)28-10-29-22(13)31/h1-6,10,16-19,27,32-33H,7-9H2,(H2,26,30)(H2,25,28,29)/t16-,17+,18-,19-,23-/m0/s1. The SMILES string of the molecule is Nc1nc2cc([C@@H]3C[C@@]4(CN3)C[C@@H](n3ccc5c(N)ncnc53)[C@H](O)[C@@H]4O)ccc2cc1Br. The molecule has 10 heteroatoms. The number of aliphatic hydroxyl groups excluding tert-OH is 2. The second-order valence-electron chi connectivity index (χ2n) is 9.23. The van der Waals surface area contributed by atoms with Crippen LogP contribution >= 0.6 is 15.9 Å². The van der Waals surface area contributed by atoms with Crippen molar-refractivity contribution in [3.8, 4) is 0 Å². The summed E-state index contributed by atoms with van der Waals surface area (Å²) in [5.41, 5.74) is 14.1. The maximum Gasteiger partial charge on any atom is 0.145 e. The lowest BCUT2D eigenvalue weighted by Crippen LogP contribution is -2.38. The fourth-order valence-corrected chi connectivity index (χ4v) is 5.97. The number of aromatic nitrogens is 4. The molecule has 1 spiro atoms. The summed E-state index contributed by atoms with van der Waals surface area (Å²) in [5, 5.41) is 27.5. The fraction of sp³-hybridized carbons (Fsp3) is 0.348. The van der Waals surface area contributed by atoms with Crippen LogP contribution in [-0.4, -0.2) is 48.5 Å². The van der Waals surface area contributed by atoms with Crippen LogP contribution in [0.5, 0.6) is 0 Å². The molecule has 5 atom stereocenters. The van der Waals surface area contributed by atoms with E-state index in [0.29, 0.717) is 36.7 Å². The molecule has 2 aliphatic rings. The molecule has 1 aliphatic heterocycles. The Bertz CT molecular complexity index is 1390. The van der Waals surface area contributed by atoms with Gasteiger partial charge in [0.15, 0.2) is 0 Å². The van der Waals surface area contributed by atoms with E-state index >= 15 is 0 Å². The highest BCUT2D eigenvalue weighted by Crippen LogP contribution is 2.52. The minimum atomic E-state index is -0.909. The third-order valence-corrected chi connectivity index (χ3v) is 8.03. The number of halogens is 1. The normalized spacial score (nSPS) is 29.5. The van der Waals surface area contributed by atoms with Gasteiger partial charge >= 0.3 is 0 Å². The predicted octanol–water partition coefficient (Wildman–Crippen LogP) is 2.29. The van der Waals surface area contributed by atoms with Crippen molar-refractivity contribution in [1.82, 2.24) is 24.8 Å². The van der Waals surface area contributed by atoms with E-state index in [1.165, 1.54) is 6.33 Å². The lowest BCUT2D eigenvalue weighted by Gasteiger charge is -2.27. The Balaban J connectivity index is 1.30. The Labute approximate surface area is 198 Å². The largest absolute Gasteiger partial charge is 0.390 e. The highest BCUT2D eigenvalue weighted by Gasteiger charge is 2.56. The Hall–Kier alpha value is -2.79. The summed E-state index contributed by atoms with van der Waals surface area (Å²) in [6.07, 6.45) is 2.85. The van der Waals surface area contributed by atoms with Crippen molar-refractivity contribution in [2.24, 2.45) is 5.41 Å². The summed E-state index contributed by atoms with van der Waals surface area (Å²) in [4.78, 5) is 12.9. The van der Waals surface area contributed by atoms with Crippen LogP contribution in [0.1, 0.15) is 30.5 Å². The number of pyridine rings is 1. The van der Waals surface area contributed by atoms with Crippen LogP contribution in [0.15, 0.2) is 47.3 Å². The van der Waals surface area contributed by atoms with Gasteiger partial charge in [0.1, 0.15) is 29.7 Å². The highest BCUT2D eigenvalue weighted by molar-refractivity contribution is 9.10. The van der Waals surface area contributed by atoms with E-state index in [2.05, 4.69) is 42.3 Å². The molecule has 0 bridgehead atoms. The molecule has 0 radical (unpaired) electrons. The van der Waals surface area contributed by atoms with Crippen LogP contribution in [0.2, 0.25) is 0 Å². The zero-order chi connectivity index (χ0) is 22.9. The van der Waals surface area contributed by atoms with Gasteiger partial charge in [-0.25, -0.2) is 15.0 Å². The van der Waals surface area contributed by atoms with Gasteiger partial charge in [0, 0.05) is 29.6 Å². The molecule has 1 aromatic carbocycles. The average Bonchev–Trinajstić information content (AvgIpc) is 3.48. The van der Waals surface area contributed by atoms with E-state index in [1.807, 2.05) is 35.0 Å². The topological polar surface area (TPSA) is 148 Å². The zero-order valence-electron chi connectivity index (χ0n) is 17.7. The molecule has 1 saturated heterocycles. The van der Waals surface area contributed by atoms with Crippen molar-refractivity contribution < 1.29 is 10.2 Å². The van der Waals surface area contributed by atoms with Gasteiger partial charge in [-0.1, -0.05) is 12.1 Å². The van der Waals surface area contributed by atoms with Crippen LogP contribution in [0.3, 0.4) is 0 Å². The van der Waals surface area contributed by atoms with Gasteiger partial charge in [-0.3, -0.25) is 0 Å². The molecule has 0 amide bonds. The van der Waals surface area contributed by atoms with Gasteiger partial charge < -0.3 is 31.6 Å². The Kier molecular flexibility index (Phi) is 4.64. The molecule has 33 heavy (non-hydrogen) atoms. The lowest BCUT2D eigenvalue weighted by atomic mass is 9.80. The summed E-state index contributed by atoms with van der Waals surface area (Å²) >= 11 is 3.43. The molecular formula is C23H24BrN7O2. The quantitative estimate of drug-likeness (QED) is 0.276. The average molecular weight is 510 g/mol. The number of hydrogen-bond donors (Lipinski definition) is 5. The number of nitrogens with one attached hydrogen (secondary N) is 1. The zero-order valence-corrected chi connectivity index (χ0v) is 19.3. The van der Waals surface area contributed by atoms with Gasteiger partial charge in [0.05, 0.1) is 27.5 Å². The maximum atomic E-state index is 11.2. The number of anilines is 2. The first-order valence-corrected chi connectivity index (χ1v) is 11.7. The van der Waals surface area contributed by atoms with Gasteiger partial charge in [-0.2, -0.15) is 0 Å². The number of nitrogen functional groups attached to an aromatic ring is 2. The summed E-state index contributed by atoms with van der Waals surface area (Å²) in [6.45, 7) is 0.608. The first-order valence-electron chi connectivity index (χ1n) is 10.9. The van der Waals surface area contributed by atoms with E-state index in [-0.39, 0.29) is 12.1 Å². The van der Waals surface area contributed by atoms with Crippen LogP contribution in [0.25, 0.3) is 21.9 Å². The minimum absolute atomic E-state index is 0.0426. The number of rotatable bonds is 2. The lowest BCUT2D eigenvalue weighted by molar-refractivity contribution is -0.0218. The van der Waals surface area contributed by atoms with Gasteiger partial charge in [0.2, 0.25) is 0 Å². The van der Waals surface area contributed by atoms with Crippen molar-refractivity contribution >= 4 is 49.5 Å². The molecule has 170 valence electrons. The van der Waals surface area contributed by atoms with E-state index in [0.717, 1.165) is 26.3 Å². The van der Waals surface area contributed by atoms with Crippen molar-refractivity contribution in [2.45, 2.75) is 37.1 Å². The van der Waals surface area contributed by atoms with Crippen LogP contribution in [-0.2, 0) is 0 Å². The molecule has 3 aromatic heterocycles. The van der Waals surface area contributed by atoms with E-state index in [1.54, 1.807) is 0 Å². The molecule has 2 fully saturated rings.